The maximum atomic E-state index is 5.42. The highest BCUT2D eigenvalue weighted by Gasteiger charge is 2.21. The smallest absolute Gasteiger partial charge is 0.138 e. The van der Waals surface area contributed by atoms with Crippen LogP contribution in [0, 0.1) is 12.8 Å². The summed E-state index contributed by atoms with van der Waals surface area (Å²) < 4.78 is 5.42. The second kappa shape index (κ2) is 6.60. The third-order valence-electron chi connectivity index (χ3n) is 3.92. The highest BCUT2D eigenvalue weighted by molar-refractivity contribution is 5.57. The molecule has 1 unspecified atom stereocenters. The van der Waals surface area contributed by atoms with E-state index in [4.69, 9.17) is 9.72 Å². The van der Waals surface area contributed by atoms with Gasteiger partial charge in [-0.25, -0.2) is 9.97 Å². The van der Waals surface area contributed by atoms with Crippen molar-refractivity contribution in [3.05, 3.63) is 11.4 Å². The summed E-state index contributed by atoms with van der Waals surface area (Å²) in [4.78, 5) is 9.35. The first-order chi connectivity index (χ1) is 9.91. The summed E-state index contributed by atoms with van der Waals surface area (Å²) in [5, 5.41) is 6.65. The number of aromatic nitrogens is 2. The van der Waals surface area contributed by atoms with Crippen LogP contribution in [0.15, 0.2) is 0 Å². The van der Waals surface area contributed by atoms with Crippen molar-refractivity contribution >= 4 is 11.6 Å². The first-order valence-electron chi connectivity index (χ1n) is 7.80. The molecule has 1 aliphatic rings. The predicted molar refractivity (Wildman–Crippen MR) is 87.0 cm³/mol. The molecule has 2 rings (SSSR count). The highest BCUT2D eigenvalue weighted by Crippen LogP contribution is 2.26. The van der Waals surface area contributed by atoms with Crippen LogP contribution in [0.2, 0.25) is 0 Å². The van der Waals surface area contributed by atoms with E-state index in [1.807, 2.05) is 7.05 Å². The summed E-state index contributed by atoms with van der Waals surface area (Å²) in [6, 6.07) is 0. The van der Waals surface area contributed by atoms with Crippen molar-refractivity contribution in [2.45, 2.75) is 46.0 Å². The van der Waals surface area contributed by atoms with Gasteiger partial charge in [-0.3, -0.25) is 0 Å². The van der Waals surface area contributed by atoms with Gasteiger partial charge in [0.25, 0.3) is 0 Å². The topological polar surface area (TPSA) is 59.1 Å². The maximum absolute atomic E-state index is 5.42. The second-order valence-electron chi connectivity index (χ2n) is 6.81. The van der Waals surface area contributed by atoms with Crippen LogP contribution < -0.4 is 10.6 Å². The van der Waals surface area contributed by atoms with Gasteiger partial charge in [0, 0.05) is 37.8 Å². The number of nitrogens with one attached hydrogen (secondary N) is 2. The summed E-state index contributed by atoms with van der Waals surface area (Å²) >= 11 is 0. The molecule has 21 heavy (non-hydrogen) atoms. The van der Waals surface area contributed by atoms with Gasteiger partial charge in [-0.2, -0.15) is 0 Å². The molecule has 0 saturated carbocycles. The second-order valence-corrected chi connectivity index (χ2v) is 6.81. The molecule has 2 heterocycles. The summed E-state index contributed by atoms with van der Waals surface area (Å²) in [5.74, 6) is 3.40. The van der Waals surface area contributed by atoms with E-state index >= 15 is 0 Å². The number of rotatable bonds is 5. The Balaban J connectivity index is 2.09. The van der Waals surface area contributed by atoms with Gasteiger partial charge in [0.05, 0.1) is 0 Å². The Bertz CT molecular complexity index is 476. The minimum absolute atomic E-state index is 0.0605. The summed E-state index contributed by atoms with van der Waals surface area (Å²) in [6.45, 7) is 11.2. The van der Waals surface area contributed by atoms with E-state index in [0.717, 1.165) is 49.2 Å². The van der Waals surface area contributed by atoms with E-state index in [1.54, 1.807) is 0 Å². The lowest BCUT2D eigenvalue weighted by Gasteiger charge is -2.21. The predicted octanol–water partition coefficient (Wildman–Crippen LogP) is 2.96. The molecule has 0 radical (unpaired) electrons. The minimum Gasteiger partial charge on any atom is -0.381 e. The van der Waals surface area contributed by atoms with Gasteiger partial charge < -0.3 is 15.4 Å². The van der Waals surface area contributed by atoms with Gasteiger partial charge in [-0.1, -0.05) is 20.8 Å². The minimum atomic E-state index is -0.0605. The molecule has 5 nitrogen and oxygen atoms in total. The third kappa shape index (κ3) is 4.06. The Morgan fingerprint density at radius 3 is 2.52 bits per heavy atom. The molecule has 1 aromatic heterocycles. The van der Waals surface area contributed by atoms with Crippen LogP contribution >= 0.6 is 0 Å². The zero-order valence-electron chi connectivity index (χ0n) is 13.9. The highest BCUT2D eigenvalue weighted by atomic mass is 16.5. The first-order valence-corrected chi connectivity index (χ1v) is 7.80. The zero-order chi connectivity index (χ0) is 15.5. The number of hydrogen-bond donors (Lipinski definition) is 2. The normalized spacial score (nSPS) is 18.8. The average molecular weight is 292 g/mol. The third-order valence-corrected chi connectivity index (χ3v) is 3.92. The molecule has 1 atom stereocenters. The molecular weight excluding hydrogens is 264 g/mol. The standard InChI is InChI=1S/C16H28N4O/c1-11-13(17-5)19-15(16(2,3)4)20-14(11)18-8-6-12-7-9-21-10-12/h12H,6-10H2,1-5H3,(H2,17,18,19,20). The molecule has 1 aliphatic heterocycles. The molecule has 1 saturated heterocycles. The van der Waals surface area contributed by atoms with Gasteiger partial charge >= 0.3 is 0 Å². The number of hydrogen-bond acceptors (Lipinski definition) is 5. The molecule has 118 valence electrons. The monoisotopic (exact) mass is 292 g/mol. The Morgan fingerprint density at radius 1 is 1.24 bits per heavy atom. The van der Waals surface area contributed by atoms with Crippen LogP contribution in [0.5, 0.6) is 0 Å². The van der Waals surface area contributed by atoms with E-state index < -0.39 is 0 Å². The van der Waals surface area contributed by atoms with E-state index in [0.29, 0.717) is 5.92 Å². The van der Waals surface area contributed by atoms with Crippen molar-refractivity contribution in [3.8, 4) is 0 Å². The molecule has 0 aromatic carbocycles. The van der Waals surface area contributed by atoms with Crippen molar-refractivity contribution in [3.63, 3.8) is 0 Å². The summed E-state index contributed by atoms with van der Waals surface area (Å²) in [6.07, 6.45) is 2.31. The van der Waals surface area contributed by atoms with Crippen LogP contribution in [0.3, 0.4) is 0 Å². The van der Waals surface area contributed by atoms with Gasteiger partial charge in [-0.05, 0) is 25.7 Å². The van der Waals surface area contributed by atoms with Crippen molar-refractivity contribution in [2.24, 2.45) is 5.92 Å². The van der Waals surface area contributed by atoms with Crippen molar-refractivity contribution in [1.82, 2.24) is 9.97 Å². The van der Waals surface area contributed by atoms with Crippen LogP contribution in [-0.4, -0.2) is 36.8 Å². The Hall–Kier alpha value is -1.36. The van der Waals surface area contributed by atoms with E-state index in [1.165, 1.54) is 6.42 Å². The molecule has 1 fully saturated rings. The zero-order valence-corrected chi connectivity index (χ0v) is 13.9. The average Bonchev–Trinajstić information content (AvgIpc) is 2.92. The number of anilines is 2. The molecular formula is C16H28N4O. The largest absolute Gasteiger partial charge is 0.381 e. The first kappa shape index (κ1) is 16.0. The van der Waals surface area contributed by atoms with Crippen molar-refractivity contribution < 1.29 is 4.74 Å². The van der Waals surface area contributed by atoms with Crippen LogP contribution in [0.4, 0.5) is 11.6 Å². The van der Waals surface area contributed by atoms with E-state index in [-0.39, 0.29) is 5.41 Å². The van der Waals surface area contributed by atoms with Crippen molar-refractivity contribution in [1.29, 1.82) is 0 Å². The lowest BCUT2D eigenvalue weighted by atomic mass is 9.95. The summed E-state index contributed by atoms with van der Waals surface area (Å²) in [5.41, 5.74) is 1.02. The maximum Gasteiger partial charge on any atom is 0.138 e. The van der Waals surface area contributed by atoms with Crippen LogP contribution in [-0.2, 0) is 10.2 Å². The molecule has 2 N–H and O–H groups in total. The fraction of sp³-hybridized carbons (Fsp3) is 0.750. The molecule has 0 spiro atoms. The quantitative estimate of drug-likeness (QED) is 0.874. The van der Waals surface area contributed by atoms with Gasteiger partial charge in [-0.15, -0.1) is 0 Å². The Labute approximate surface area is 127 Å². The lowest BCUT2D eigenvalue weighted by Crippen LogP contribution is -2.20. The fourth-order valence-corrected chi connectivity index (χ4v) is 2.47. The Kier molecular flexibility index (Phi) is 5.04. The number of nitrogens with zero attached hydrogens (tertiary/aromatic N) is 2. The molecule has 5 heteroatoms. The van der Waals surface area contributed by atoms with Crippen molar-refractivity contribution in [2.75, 3.05) is 37.4 Å². The van der Waals surface area contributed by atoms with Gasteiger partial charge in [0.15, 0.2) is 0 Å². The van der Waals surface area contributed by atoms with Gasteiger partial charge in [0.2, 0.25) is 0 Å². The summed E-state index contributed by atoms with van der Waals surface area (Å²) in [7, 11) is 1.90. The van der Waals surface area contributed by atoms with Crippen LogP contribution in [0.25, 0.3) is 0 Å². The number of ether oxygens (including phenoxy) is 1. The van der Waals surface area contributed by atoms with E-state index in [9.17, 15) is 0 Å². The molecule has 1 aromatic rings. The van der Waals surface area contributed by atoms with Crippen LogP contribution in [0.1, 0.15) is 45.0 Å². The van der Waals surface area contributed by atoms with Gasteiger partial charge in [0.1, 0.15) is 17.5 Å². The molecule has 0 aliphatic carbocycles. The lowest BCUT2D eigenvalue weighted by molar-refractivity contribution is 0.185. The Morgan fingerprint density at radius 2 is 1.95 bits per heavy atom. The molecule has 0 amide bonds. The molecule has 0 bridgehead atoms. The fourth-order valence-electron chi connectivity index (χ4n) is 2.47. The van der Waals surface area contributed by atoms with E-state index in [2.05, 4.69) is 43.3 Å². The SMILES string of the molecule is CNc1nc(C(C)(C)C)nc(NCCC2CCOC2)c1C.